The molecule has 0 saturated carbocycles. The Hall–Kier alpha value is -1.27. The Morgan fingerprint density at radius 1 is 1.20 bits per heavy atom. The molecule has 20 heavy (non-hydrogen) atoms. The number of benzene rings is 2. The van der Waals surface area contributed by atoms with Crippen molar-refractivity contribution in [3.05, 3.63) is 56.6 Å². The van der Waals surface area contributed by atoms with Crippen molar-refractivity contribution in [1.29, 1.82) is 0 Å². The van der Waals surface area contributed by atoms with Gasteiger partial charge in [-0.05, 0) is 65.4 Å². The van der Waals surface area contributed by atoms with Gasteiger partial charge in [0.1, 0.15) is 0 Å². The van der Waals surface area contributed by atoms with E-state index in [-0.39, 0.29) is 12.5 Å². The number of aryl methyl sites for hydroxylation is 1. The van der Waals surface area contributed by atoms with E-state index in [1.165, 1.54) is 0 Å². The van der Waals surface area contributed by atoms with Crippen LogP contribution in [0.5, 0.6) is 0 Å². The molecule has 0 fully saturated rings. The van der Waals surface area contributed by atoms with Gasteiger partial charge in [0, 0.05) is 9.26 Å². The van der Waals surface area contributed by atoms with E-state index < -0.39 is 0 Å². The number of halogens is 2. The summed E-state index contributed by atoms with van der Waals surface area (Å²) in [4.78, 5) is 11.9. The molecule has 104 valence electrons. The molecule has 2 rings (SSSR count). The third kappa shape index (κ3) is 4.11. The monoisotopic (exact) mass is 400 g/mol. The fourth-order valence-electron chi connectivity index (χ4n) is 1.74. The van der Waals surface area contributed by atoms with Crippen molar-refractivity contribution >= 4 is 51.5 Å². The molecule has 2 aromatic rings. The van der Waals surface area contributed by atoms with Crippen LogP contribution in [0.1, 0.15) is 5.56 Å². The fraction of sp³-hybridized carbons (Fsp3) is 0.133. The summed E-state index contributed by atoms with van der Waals surface area (Å²) < 4.78 is 1.15. The van der Waals surface area contributed by atoms with Gasteiger partial charge < -0.3 is 10.6 Å². The van der Waals surface area contributed by atoms with Gasteiger partial charge in [-0.3, -0.25) is 4.79 Å². The van der Waals surface area contributed by atoms with E-state index in [1.807, 2.05) is 43.3 Å². The van der Waals surface area contributed by atoms with Gasteiger partial charge in [0.05, 0.1) is 17.3 Å². The molecule has 0 radical (unpaired) electrons. The summed E-state index contributed by atoms with van der Waals surface area (Å²) in [6, 6.07) is 13.2. The summed E-state index contributed by atoms with van der Waals surface area (Å²) >= 11 is 8.26. The van der Waals surface area contributed by atoms with E-state index in [0.29, 0.717) is 5.02 Å². The first-order chi connectivity index (χ1) is 9.56. The van der Waals surface area contributed by atoms with Gasteiger partial charge in [-0.25, -0.2) is 0 Å². The van der Waals surface area contributed by atoms with Crippen LogP contribution in [0.15, 0.2) is 42.5 Å². The minimum absolute atomic E-state index is 0.103. The van der Waals surface area contributed by atoms with Gasteiger partial charge in [0.25, 0.3) is 0 Å². The topological polar surface area (TPSA) is 41.1 Å². The van der Waals surface area contributed by atoms with Crippen molar-refractivity contribution in [3.63, 3.8) is 0 Å². The van der Waals surface area contributed by atoms with E-state index in [9.17, 15) is 4.79 Å². The predicted molar refractivity (Wildman–Crippen MR) is 92.5 cm³/mol. The summed E-state index contributed by atoms with van der Waals surface area (Å²) in [5.41, 5.74) is 2.63. The van der Waals surface area contributed by atoms with Crippen LogP contribution in [0, 0.1) is 10.5 Å². The lowest BCUT2D eigenvalue weighted by Gasteiger charge is -2.11. The van der Waals surface area contributed by atoms with Crippen molar-refractivity contribution < 1.29 is 4.79 Å². The molecule has 5 heteroatoms. The molecule has 0 unspecified atom stereocenters. The van der Waals surface area contributed by atoms with Crippen LogP contribution in [0.3, 0.4) is 0 Å². The molecule has 0 saturated heterocycles. The Labute approximate surface area is 136 Å². The van der Waals surface area contributed by atoms with E-state index in [4.69, 9.17) is 11.6 Å². The van der Waals surface area contributed by atoms with Crippen LogP contribution in [0.2, 0.25) is 5.02 Å². The maximum Gasteiger partial charge on any atom is 0.243 e. The fourth-order valence-corrected chi connectivity index (χ4v) is 2.59. The molecular weight excluding hydrogens is 387 g/mol. The second-order valence-electron chi connectivity index (χ2n) is 4.34. The molecule has 0 atom stereocenters. The molecular formula is C15H14ClIN2O. The number of anilines is 2. The number of nitrogens with one attached hydrogen (secondary N) is 2. The standard InChI is InChI=1S/C15H14ClIN2O/c1-10-8-11(17)6-7-13(10)19-15(20)9-18-14-5-3-2-4-12(14)16/h2-8,18H,9H2,1H3,(H,19,20). The minimum atomic E-state index is -0.103. The molecule has 0 heterocycles. The molecule has 0 aromatic heterocycles. The van der Waals surface area contributed by atoms with E-state index in [1.54, 1.807) is 6.07 Å². The van der Waals surface area contributed by atoms with Crippen LogP contribution >= 0.6 is 34.2 Å². The largest absolute Gasteiger partial charge is 0.375 e. The van der Waals surface area contributed by atoms with Gasteiger partial charge in [-0.2, -0.15) is 0 Å². The summed E-state index contributed by atoms with van der Waals surface area (Å²) in [7, 11) is 0. The summed E-state index contributed by atoms with van der Waals surface area (Å²) in [6.45, 7) is 2.15. The molecule has 2 aromatic carbocycles. The van der Waals surface area contributed by atoms with Gasteiger partial charge in [-0.1, -0.05) is 23.7 Å². The minimum Gasteiger partial charge on any atom is -0.375 e. The number of rotatable bonds is 4. The predicted octanol–water partition coefficient (Wildman–Crippen LogP) is 4.30. The van der Waals surface area contributed by atoms with Gasteiger partial charge in [-0.15, -0.1) is 0 Å². The maximum atomic E-state index is 11.9. The quantitative estimate of drug-likeness (QED) is 0.751. The van der Waals surface area contributed by atoms with Crippen molar-refractivity contribution in [2.45, 2.75) is 6.92 Å². The van der Waals surface area contributed by atoms with Crippen LogP contribution < -0.4 is 10.6 Å². The highest BCUT2D eigenvalue weighted by atomic mass is 127. The van der Waals surface area contributed by atoms with Crippen molar-refractivity contribution in [2.24, 2.45) is 0 Å². The van der Waals surface area contributed by atoms with Crippen molar-refractivity contribution in [3.8, 4) is 0 Å². The zero-order valence-electron chi connectivity index (χ0n) is 10.9. The first-order valence-corrected chi connectivity index (χ1v) is 7.56. The normalized spacial score (nSPS) is 10.2. The highest BCUT2D eigenvalue weighted by molar-refractivity contribution is 14.1. The van der Waals surface area contributed by atoms with Gasteiger partial charge in [0.15, 0.2) is 0 Å². The first-order valence-electron chi connectivity index (χ1n) is 6.10. The number of carbonyl (C=O) groups is 1. The lowest BCUT2D eigenvalue weighted by atomic mass is 10.2. The Kier molecular flexibility index (Phi) is 5.25. The average Bonchev–Trinajstić information content (AvgIpc) is 2.41. The summed E-state index contributed by atoms with van der Waals surface area (Å²) in [5.74, 6) is -0.103. The molecule has 1 amide bonds. The Morgan fingerprint density at radius 2 is 1.95 bits per heavy atom. The number of para-hydroxylation sites is 1. The Bertz CT molecular complexity index is 631. The van der Waals surface area contributed by atoms with E-state index in [2.05, 4.69) is 33.2 Å². The maximum absolute atomic E-state index is 11.9. The summed E-state index contributed by atoms with van der Waals surface area (Å²) in [6.07, 6.45) is 0. The average molecular weight is 401 g/mol. The lowest BCUT2D eigenvalue weighted by Crippen LogP contribution is -2.22. The van der Waals surface area contributed by atoms with Gasteiger partial charge >= 0.3 is 0 Å². The molecule has 0 spiro atoms. The number of amides is 1. The molecule has 0 aliphatic rings. The van der Waals surface area contributed by atoms with E-state index >= 15 is 0 Å². The number of hydrogen-bond donors (Lipinski definition) is 2. The smallest absolute Gasteiger partial charge is 0.243 e. The lowest BCUT2D eigenvalue weighted by molar-refractivity contribution is -0.114. The first kappa shape index (κ1) is 15.1. The molecule has 0 aliphatic carbocycles. The third-order valence-electron chi connectivity index (χ3n) is 2.78. The second-order valence-corrected chi connectivity index (χ2v) is 5.99. The third-order valence-corrected chi connectivity index (χ3v) is 3.78. The van der Waals surface area contributed by atoms with Crippen LogP contribution in [0.25, 0.3) is 0 Å². The van der Waals surface area contributed by atoms with Crippen LogP contribution in [0.4, 0.5) is 11.4 Å². The van der Waals surface area contributed by atoms with Crippen LogP contribution in [-0.4, -0.2) is 12.5 Å². The number of carbonyl (C=O) groups excluding carboxylic acids is 1. The van der Waals surface area contributed by atoms with Crippen molar-refractivity contribution in [2.75, 3.05) is 17.2 Å². The van der Waals surface area contributed by atoms with Crippen LogP contribution in [-0.2, 0) is 4.79 Å². The Morgan fingerprint density at radius 3 is 2.65 bits per heavy atom. The van der Waals surface area contributed by atoms with Crippen molar-refractivity contribution in [1.82, 2.24) is 0 Å². The molecule has 0 aliphatic heterocycles. The number of hydrogen-bond acceptors (Lipinski definition) is 2. The molecule has 2 N–H and O–H groups in total. The zero-order valence-corrected chi connectivity index (χ0v) is 13.8. The van der Waals surface area contributed by atoms with E-state index in [0.717, 1.165) is 20.5 Å². The molecule has 0 bridgehead atoms. The summed E-state index contributed by atoms with van der Waals surface area (Å²) in [5, 5.41) is 6.50. The zero-order chi connectivity index (χ0) is 14.5. The SMILES string of the molecule is Cc1cc(I)ccc1NC(=O)CNc1ccccc1Cl. The molecule has 3 nitrogen and oxygen atoms in total. The second kappa shape index (κ2) is 6.95. The highest BCUT2D eigenvalue weighted by Gasteiger charge is 2.06. The highest BCUT2D eigenvalue weighted by Crippen LogP contribution is 2.20. The van der Waals surface area contributed by atoms with Gasteiger partial charge in [0.2, 0.25) is 5.91 Å². The Balaban J connectivity index is 1.94.